The molecule has 2 aliphatic heterocycles. The Balaban J connectivity index is 1.78. The Morgan fingerprint density at radius 1 is 1.40 bits per heavy atom. The number of hydrogen-bond donors (Lipinski definition) is 0. The summed E-state index contributed by atoms with van der Waals surface area (Å²) in [6, 6.07) is 0. The molecule has 1 unspecified atom stereocenters. The highest BCUT2D eigenvalue weighted by molar-refractivity contribution is 7.88. The van der Waals surface area contributed by atoms with Crippen molar-refractivity contribution in [2.45, 2.75) is 18.4 Å². The minimum atomic E-state index is -3.16. The number of aromatic nitrogens is 2. The number of piperidine rings is 1. The Kier molecular flexibility index (Phi) is 3.69. The van der Waals surface area contributed by atoms with Gasteiger partial charge in [0.2, 0.25) is 15.2 Å². The lowest BCUT2D eigenvalue weighted by Gasteiger charge is -2.47. The molecule has 0 saturated carbocycles. The van der Waals surface area contributed by atoms with Crippen LogP contribution in [-0.4, -0.2) is 67.6 Å². The first-order valence-electron chi connectivity index (χ1n) is 6.59. The van der Waals surface area contributed by atoms with Crippen molar-refractivity contribution < 1.29 is 13.2 Å². The third-order valence-corrected chi connectivity index (χ3v) is 5.84. The van der Waals surface area contributed by atoms with E-state index < -0.39 is 15.6 Å². The maximum atomic E-state index is 11.8. The number of nitrogens with zero attached hydrogens (tertiary/aromatic N) is 4. The van der Waals surface area contributed by atoms with Crippen LogP contribution in [0, 0.1) is 0 Å². The molecule has 20 heavy (non-hydrogen) atoms. The molecule has 2 fully saturated rings. The van der Waals surface area contributed by atoms with Gasteiger partial charge in [0.25, 0.3) is 0 Å². The quantitative estimate of drug-likeness (QED) is 0.774. The minimum absolute atomic E-state index is 0.411. The molecule has 0 radical (unpaired) electrons. The lowest BCUT2D eigenvalue weighted by molar-refractivity contribution is -0.0834. The zero-order valence-corrected chi connectivity index (χ0v) is 13.0. The van der Waals surface area contributed by atoms with E-state index in [0.29, 0.717) is 26.2 Å². The summed E-state index contributed by atoms with van der Waals surface area (Å²) in [5, 5.41) is 8.84. The topological polar surface area (TPSA) is 75.6 Å². The molecule has 1 spiro atoms. The zero-order chi connectivity index (χ0) is 14.2. The predicted octanol–water partition coefficient (Wildman–Crippen LogP) is 0.169. The Morgan fingerprint density at radius 2 is 2.25 bits per heavy atom. The third-order valence-electron chi connectivity index (χ3n) is 3.84. The molecule has 2 aliphatic rings. The molecule has 1 aromatic rings. The summed E-state index contributed by atoms with van der Waals surface area (Å²) in [7, 11) is -3.16. The smallest absolute Gasteiger partial charge is 0.211 e. The number of sulfonamides is 1. The van der Waals surface area contributed by atoms with Crippen LogP contribution in [0.3, 0.4) is 0 Å². The second-order valence-electron chi connectivity index (χ2n) is 5.37. The Morgan fingerprint density at radius 3 is 2.95 bits per heavy atom. The Hall–Kier alpha value is -0.770. The van der Waals surface area contributed by atoms with Crippen LogP contribution in [0.4, 0.5) is 5.13 Å². The normalized spacial score (nSPS) is 28.9. The molecule has 0 N–H and O–H groups in total. The number of hydrogen-bond acceptors (Lipinski definition) is 7. The molecular weight excluding hydrogens is 300 g/mol. The summed E-state index contributed by atoms with van der Waals surface area (Å²) in [5.41, 5.74) is 1.30. The van der Waals surface area contributed by atoms with Crippen LogP contribution in [0.1, 0.15) is 12.8 Å². The van der Waals surface area contributed by atoms with Gasteiger partial charge >= 0.3 is 0 Å². The Bertz CT molecular complexity index is 558. The van der Waals surface area contributed by atoms with E-state index in [2.05, 4.69) is 15.1 Å². The van der Waals surface area contributed by atoms with E-state index in [1.165, 1.54) is 21.9 Å². The summed E-state index contributed by atoms with van der Waals surface area (Å²) in [6.07, 6.45) is 2.97. The molecule has 3 rings (SSSR count). The van der Waals surface area contributed by atoms with Gasteiger partial charge in [-0.05, 0) is 12.8 Å². The van der Waals surface area contributed by atoms with E-state index in [0.717, 1.165) is 24.5 Å². The van der Waals surface area contributed by atoms with Crippen LogP contribution < -0.4 is 4.90 Å². The lowest BCUT2D eigenvalue weighted by Crippen LogP contribution is -2.60. The number of morpholine rings is 1. The molecule has 9 heteroatoms. The highest BCUT2D eigenvalue weighted by atomic mass is 32.2. The van der Waals surface area contributed by atoms with E-state index in [9.17, 15) is 8.42 Å². The summed E-state index contributed by atoms with van der Waals surface area (Å²) < 4.78 is 31.0. The Labute approximate surface area is 122 Å². The van der Waals surface area contributed by atoms with Crippen LogP contribution >= 0.6 is 11.3 Å². The molecule has 0 amide bonds. The van der Waals surface area contributed by atoms with Crippen molar-refractivity contribution in [1.29, 1.82) is 0 Å². The summed E-state index contributed by atoms with van der Waals surface area (Å²) >= 11 is 1.50. The molecule has 1 atom stereocenters. The maximum absolute atomic E-state index is 11.8. The molecule has 3 heterocycles. The molecular formula is C11H18N4O3S2. The second kappa shape index (κ2) is 5.21. The fraction of sp³-hybridized carbons (Fsp3) is 0.818. The summed E-state index contributed by atoms with van der Waals surface area (Å²) in [5.74, 6) is 0. The average molecular weight is 318 g/mol. The van der Waals surface area contributed by atoms with Crippen molar-refractivity contribution in [2.75, 3.05) is 43.9 Å². The number of anilines is 1. The van der Waals surface area contributed by atoms with E-state index in [1.807, 2.05) is 0 Å². The predicted molar refractivity (Wildman–Crippen MR) is 76.5 cm³/mol. The van der Waals surface area contributed by atoms with Gasteiger partial charge in [-0.15, -0.1) is 10.2 Å². The highest BCUT2D eigenvalue weighted by Gasteiger charge is 2.43. The van der Waals surface area contributed by atoms with Crippen molar-refractivity contribution in [1.82, 2.24) is 14.5 Å². The molecule has 0 bridgehead atoms. The molecule has 1 aromatic heterocycles. The van der Waals surface area contributed by atoms with E-state index in [1.54, 1.807) is 5.51 Å². The van der Waals surface area contributed by atoms with Crippen LogP contribution in [0.5, 0.6) is 0 Å². The van der Waals surface area contributed by atoms with Gasteiger partial charge in [-0.1, -0.05) is 11.3 Å². The number of rotatable bonds is 2. The fourth-order valence-corrected chi connectivity index (χ4v) is 4.42. The lowest BCUT2D eigenvalue weighted by atomic mass is 9.92. The van der Waals surface area contributed by atoms with Gasteiger partial charge < -0.3 is 9.64 Å². The van der Waals surface area contributed by atoms with Gasteiger partial charge in [-0.25, -0.2) is 8.42 Å². The van der Waals surface area contributed by atoms with Gasteiger partial charge in [0.15, 0.2) is 0 Å². The van der Waals surface area contributed by atoms with Crippen LogP contribution in [0.15, 0.2) is 5.51 Å². The first-order valence-corrected chi connectivity index (χ1v) is 9.32. The van der Waals surface area contributed by atoms with E-state index in [4.69, 9.17) is 4.74 Å². The molecule has 2 saturated heterocycles. The monoisotopic (exact) mass is 318 g/mol. The average Bonchev–Trinajstić information content (AvgIpc) is 2.92. The van der Waals surface area contributed by atoms with Crippen LogP contribution in [-0.2, 0) is 14.8 Å². The second-order valence-corrected chi connectivity index (χ2v) is 8.17. The van der Waals surface area contributed by atoms with E-state index in [-0.39, 0.29) is 0 Å². The van der Waals surface area contributed by atoms with Crippen molar-refractivity contribution in [3.05, 3.63) is 5.51 Å². The van der Waals surface area contributed by atoms with Crippen molar-refractivity contribution in [2.24, 2.45) is 0 Å². The standard InChI is InChI=1S/C11H18N4O3S2/c1-20(16,17)15-4-2-3-11(8-15)7-14(5-6-18-11)10-13-12-9-19-10/h9H,2-8H2,1H3. The highest BCUT2D eigenvalue weighted by Crippen LogP contribution is 2.32. The third kappa shape index (κ3) is 2.80. The molecule has 7 nitrogen and oxygen atoms in total. The van der Waals surface area contributed by atoms with E-state index >= 15 is 0 Å². The zero-order valence-electron chi connectivity index (χ0n) is 11.4. The van der Waals surface area contributed by atoms with Crippen molar-refractivity contribution in [3.63, 3.8) is 0 Å². The van der Waals surface area contributed by atoms with Gasteiger partial charge in [-0.2, -0.15) is 4.31 Å². The fourth-order valence-electron chi connectivity index (χ4n) is 2.90. The largest absolute Gasteiger partial charge is 0.370 e. The van der Waals surface area contributed by atoms with Gasteiger partial charge in [-0.3, -0.25) is 0 Å². The first kappa shape index (κ1) is 14.2. The van der Waals surface area contributed by atoms with Gasteiger partial charge in [0.1, 0.15) is 5.51 Å². The SMILES string of the molecule is CS(=O)(=O)N1CCCC2(CN(c3nncs3)CCO2)C1. The van der Waals surface area contributed by atoms with Crippen LogP contribution in [0.2, 0.25) is 0 Å². The summed E-state index contributed by atoms with van der Waals surface area (Å²) in [4.78, 5) is 2.15. The van der Waals surface area contributed by atoms with Gasteiger partial charge in [0.05, 0.1) is 25.0 Å². The molecule has 0 aromatic carbocycles. The molecule has 0 aliphatic carbocycles. The summed E-state index contributed by atoms with van der Waals surface area (Å²) in [6.45, 7) is 3.06. The minimum Gasteiger partial charge on any atom is -0.370 e. The first-order chi connectivity index (χ1) is 9.49. The van der Waals surface area contributed by atoms with Crippen molar-refractivity contribution >= 4 is 26.5 Å². The van der Waals surface area contributed by atoms with Crippen LogP contribution in [0.25, 0.3) is 0 Å². The molecule has 112 valence electrons. The van der Waals surface area contributed by atoms with Crippen molar-refractivity contribution in [3.8, 4) is 0 Å². The van der Waals surface area contributed by atoms with Gasteiger partial charge in [0, 0.05) is 19.6 Å². The maximum Gasteiger partial charge on any atom is 0.211 e. The number of ether oxygens (including phenoxy) is 1.